The van der Waals surface area contributed by atoms with E-state index in [0.717, 1.165) is 42.3 Å². The molecule has 118 valence electrons. The number of sulfone groups is 1. The average molecular weight is 339 g/mol. The molecule has 0 unspecified atom stereocenters. The minimum absolute atomic E-state index is 0.346. The number of anilines is 1. The Kier molecular flexibility index (Phi) is 4.54. The molecule has 1 aliphatic heterocycles. The van der Waals surface area contributed by atoms with Gasteiger partial charge in [0, 0.05) is 23.8 Å². The first-order valence-corrected chi connectivity index (χ1v) is 9.71. The Morgan fingerprint density at radius 3 is 2.73 bits per heavy atom. The molecular weight excluding hydrogens is 320 g/mol. The molecule has 0 spiro atoms. The molecule has 0 aliphatic carbocycles. The molecule has 0 amide bonds. The van der Waals surface area contributed by atoms with Gasteiger partial charge < -0.3 is 5.32 Å². The Labute approximate surface area is 135 Å². The Bertz CT molecular complexity index is 763. The lowest BCUT2D eigenvalue weighted by Crippen LogP contribution is -2.24. The smallest absolute Gasteiger partial charge is 0.150 e. The summed E-state index contributed by atoms with van der Waals surface area (Å²) in [6, 6.07) is 7.97. The molecule has 0 atom stereocenters. The second-order valence-electron chi connectivity index (χ2n) is 5.88. The first-order chi connectivity index (χ1) is 10.5. The predicted molar refractivity (Wildman–Crippen MR) is 91.2 cm³/mol. The second-order valence-corrected chi connectivity index (χ2v) is 8.57. The second kappa shape index (κ2) is 6.42. The van der Waals surface area contributed by atoms with Gasteiger partial charge in [0.05, 0.1) is 11.5 Å². The fourth-order valence-electron chi connectivity index (χ4n) is 2.87. The topological polar surface area (TPSA) is 59.1 Å². The number of fused-ring (bicyclic) bond motifs is 1. The highest BCUT2D eigenvalue weighted by Crippen LogP contribution is 2.23. The molecule has 0 radical (unpaired) electrons. The molecule has 1 aliphatic rings. The van der Waals surface area contributed by atoms with Crippen molar-refractivity contribution < 1.29 is 8.42 Å². The summed E-state index contributed by atoms with van der Waals surface area (Å²) in [7, 11) is -2.76. The minimum Gasteiger partial charge on any atom is -0.385 e. The van der Waals surface area contributed by atoms with E-state index in [9.17, 15) is 8.42 Å². The Balaban J connectivity index is 1.55. The zero-order valence-electron chi connectivity index (χ0n) is 12.3. The van der Waals surface area contributed by atoms with E-state index in [1.165, 1.54) is 0 Å². The number of nitrogens with one attached hydrogen (secondary N) is 1. The number of pyridine rings is 1. The maximum atomic E-state index is 11.4. The van der Waals surface area contributed by atoms with Crippen LogP contribution in [0.3, 0.4) is 0 Å². The predicted octanol–water partition coefficient (Wildman–Crippen LogP) is 3.52. The highest BCUT2D eigenvalue weighted by atomic mass is 35.5. The van der Waals surface area contributed by atoms with Crippen LogP contribution in [-0.2, 0) is 9.84 Å². The number of benzene rings is 1. The summed E-state index contributed by atoms with van der Waals surface area (Å²) in [5.41, 5.74) is 1.05. The van der Waals surface area contributed by atoms with Crippen molar-refractivity contribution in [3.05, 3.63) is 35.6 Å². The van der Waals surface area contributed by atoms with E-state index >= 15 is 0 Å². The van der Waals surface area contributed by atoms with E-state index in [4.69, 9.17) is 11.6 Å². The summed E-state index contributed by atoms with van der Waals surface area (Å²) >= 11 is 5.92. The zero-order valence-corrected chi connectivity index (χ0v) is 13.8. The minimum atomic E-state index is -2.76. The van der Waals surface area contributed by atoms with E-state index in [-0.39, 0.29) is 0 Å². The maximum absolute atomic E-state index is 11.4. The molecule has 1 fully saturated rings. The number of hydrogen-bond acceptors (Lipinski definition) is 4. The van der Waals surface area contributed by atoms with Crippen molar-refractivity contribution in [1.29, 1.82) is 0 Å². The molecule has 22 heavy (non-hydrogen) atoms. The Morgan fingerprint density at radius 1 is 1.18 bits per heavy atom. The molecule has 3 rings (SSSR count). The third-order valence-electron chi connectivity index (χ3n) is 4.24. The lowest BCUT2D eigenvalue weighted by Gasteiger charge is -2.22. The van der Waals surface area contributed by atoms with Crippen LogP contribution in [-0.4, -0.2) is 31.5 Å². The first kappa shape index (κ1) is 15.6. The maximum Gasteiger partial charge on any atom is 0.150 e. The van der Waals surface area contributed by atoms with Gasteiger partial charge in [-0.15, -0.1) is 0 Å². The molecule has 1 N–H and O–H groups in total. The number of halogens is 1. The van der Waals surface area contributed by atoms with Crippen LogP contribution in [0, 0.1) is 5.92 Å². The van der Waals surface area contributed by atoms with E-state index in [0.29, 0.717) is 22.6 Å². The van der Waals surface area contributed by atoms with E-state index < -0.39 is 9.84 Å². The number of aromatic nitrogens is 1. The Morgan fingerprint density at radius 2 is 1.95 bits per heavy atom. The number of nitrogens with zero attached hydrogens (tertiary/aromatic N) is 1. The van der Waals surface area contributed by atoms with Crippen molar-refractivity contribution in [2.24, 2.45) is 5.92 Å². The van der Waals surface area contributed by atoms with E-state index in [1.54, 1.807) is 6.20 Å². The molecule has 1 aromatic carbocycles. The summed E-state index contributed by atoms with van der Waals surface area (Å²) < 4.78 is 22.8. The van der Waals surface area contributed by atoms with Gasteiger partial charge in [0.2, 0.25) is 0 Å². The van der Waals surface area contributed by atoms with Crippen molar-refractivity contribution in [2.75, 3.05) is 23.4 Å². The summed E-state index contributed by atoms with van der Waals surface area (Å²) in [4.78, 5) is 4.07. The van der Waals surface area contributed by atoms with Crippen LogP contribution in [0.1, 0.15) is 19.3 Å². The van der Waals surface area contributed by atoms with E-state index in [2.05, 4.69) is 16.4 Å². The summed E-state index contributed by atoms with van der Waals surface area (Å²) in [5, 5.41) is 6.03. The molecule has 2 aromatic rings. The van der Waals surface area contributed by atoms with Crippen LogP contribution < -0.4 is 5.32 Å². The number of hydrogen-bond donors (Lipinski definition) is 1. The van der Waals surface area contributed by atoms with Gasteiger partial charge in [-0.3, -0.25) is 0 Å². The van der Waals surface area contributed by atoms with Gasteiger partial charge in [0.1, 0.15) is 15.0 Å². The SMILES string of the molecule is O=S1(=O)CCC(CCNc2ccc3cnc(Cl)cc3c2)CC1. The quantitative estimate of drug-likeness (QED) is 0.866. The molecule has 4 nitrogen and oxygen atoms in total. The normalized spacial score (nSPS) is 18.4. The van der Waals surface area contributed by atoms with Gasteiger partial charge in [0.25, 0.3) is 0 Å². The van der Waals surface area contributed by atoms with Gasteiger partial charge in [-0.25, -0.2) is 13.4 Å². The zero-order chi connectivity index (χ0) is 15.6. The van der Waals surface area contributed by atoms with E-state index in [1.807, 2.05) is 18.2 Å². The standard InChI is InChI=1S/C16H19ClN2O2S/c17-16-10-14-9-15(2-1-13(14)11-19-16)18-6-3-12-4-7-22(20,21)8-5-12/h1-2,9-12,18H,3-8H2. The highest BCUT2D eigenvalue weighted by molar-refractivity contribution is 7.91. The molecule has 6 heteroatoms. The molecule has 0 bridgehead atoms. The molecule has 1 saturated heterocycles. The van der Waals surface area contributed by atoms with Crippen molar-refractivity contribution in [2.45, 2.75) is 19.3 Å². The van der Waals surface area contributed by atoms with Crippen LogP contribution in [0.25, 0.3) is 10.8 Å². The van der Waals surface area contributed by atoms with Crippen LogP contribution in [0.2, 0.25) is 5.15 Å². The first-order valence-electron chi connectivity index (χ1n) is 7.51. The van der Waals surface area contributed by atoms with Gasteiger partial charge in [0.15, 0.2) is 0 Å². The Hall–Kier alpha value is -1.33. The van der Waals surface area contributed by atoms with Crippen LogP contribution in [0.4, 0.5) is 5.69 Å². The summed E-state index contributed by atoms with van der Waals surface area (Å²) in [5.74, 6) is 1.20. The highest BCUT2D eigenvalue weighted by Gasteiger charge is 2.22. The van der Waals surface area contributed by atoms with Crippen molar-refractivity contribution in [3.63, 3.8) is 0 Å². The largest absolute Gasteiger partial charge is 0.385 e. The van der Waals surface area contributed by atoms with Crippen molar-refractivity contribution >= 4 is 37.9 Å². The molecular formula is C16H19ClN2O2S. The fraction of sp³-hybridized carbons (Fsp3) is 0.438. The molecule has 1 aromatic heterocycles. The lowest BCUT2D eigenvalue weighted by molar-refractivity contribution is 0.446. The summed E-state index contributed by atoms with van der Waals surface area (Å²) in [6.07, 6.45) is 4.36. The van der Waals surface area contributed by atoms with Crippen LogP contribution in [0.5, 0.6) is 0 Å². The van der Waals surface area contributed by atoms with Crippen molar-refractivity contribution in [3.8, 4) is 0 Å². The third kappa shape index (κ3) is 3.90. The third-order valence-corrected chi connectivity index (χ3v) is 6.17. The lowest BCUT2D eigenvalue weighted by atomic mass is 9.99. The average Bonchev–Trinajstić information content (AvgIpc) is 2.48. The molecule has 0 saturated carbocycles. The van der Waals surface area contributed by atoms with Gasteiger partial charge in [-0.05, 0) is 48.8 Å². The fourth-order valence-corrected chi connectivity index (χ4v) is 4.63. The van der Waals surface area contributed by atoms with Crippen LogP contribution >= 0.6 is 11.6 Å². The van der Waals surface area contributed by atoms with Gasteiger partial charge in [-0.1, -0.05) is 17.7 Å². The summed E-state index contributed by atoms with van der Waals surface area (Å²) in [6.45, 7) is 0.856. The van der Waals surface area contributed by atoms with Crippen LogP contribution in [0.15, 0.2) is 30.5 Å². The monoisotopic (exact) mass is 338 g/mol. The van der Waals surface area contributed by atoms with Crippen molar-refractivity contribution in [1.82, 2.24) is 4.98 Å². The van der Waals surface area contributed by atoms with Gasteiger partial charge in [-0.2, -0.15) is 0 Å². The molecule has 2 heterocycles. The number of rotatable bonds is 4. The van der Waals surface area contributed by atoms with Gasteiger partial charge >= 0.3 is 0 Å².